The average molecular weight is 328 g/mol. The lowest BCUT2D eigenvalue weighted by atomic mass is 9.96. The molecule has 1 saturated heterocycles. The fraction of sp³-hybridized carbons (Fsp3) is 0.500. The molecule has 104 valence electrons. The number of hydrogen-bond donors (Lipinski definition) is 1. The van der Waals surface area contributed by atoms with Crippen molar-refractivity contribution >= 4 is 21.8 Å². The Balaban J connectivity index is 1.84. The zero-order valence-electron chi connectivity index (χ0n) is 10.9. The van der Waals surface area contributed by atoms with Gasteiger partial charge in [-0.25, -0.2) is 0 Å². The first-order valence-corrected chi connectivity index (χ1v) is 7.20. The number of β-amino-alcohol motifs (C(OH)–C–C–N with tert-alkyl or cyclic N) is 1. The van der Waals surface area contributed by atoms with Crippen LogP contribution in [0.2, 0.25) is 0 Å². The van der Waals surface area contributed by atoms with Crippen LogP contribution < -0.4 is 4.74 Å². The molecule has 2 atom stereocenters. The largest absolute Gasteiger partial charge is 0.484 e. The van der Waals surface area contributed by atoms with Crippen molar-refractivity contribution in [3.8, 4) is 5.75 Å². The van der Waals surface area contributed by atoms with Crippen LogP contribution in [0.4, 0.5) is 0 Å². The van der Waals surface area contributed by atoms with Crippen LogP contribution in [0.3, 0.4) is 0 Å². The third-order valence-electron chi connectivity index (χ3n) is 3.43. The zero-order chi connectivity index (χ0) is 13.8. The molecule has 1 fully saturated rings. The Bertz CT molecular complexity index is 452. The Morgan fingerprint density at radius 3 is 3.05 bits per heavy atom. The van der Waals surface area contributed by atoms with Crippen molar-refractivity contribution in [1.29, 1.82) is 0 Å². The van der Waals surface area contributed by atoms with E-state index in [1.54, 1.807) is 4.90 Å². The highest BCUT2D eigenvalue weighted by Gasteiger charge is 2.27. The Morgan fingerprint density at radius 1 is 1.58 bits per heavy atom. The van der Waals surface area contributed by atoms with Crippen molar-refractivity contribution in [3.05, 3.63) is 28.7 Å². The minimum atomic E-state index is -0.427. The van der Waals surface area contributed by atoms with Crippen LogP contribution in [0.15, 0.2) is 28.7 Å². The smallest absolute Gasteiger partial charge is 0.260 e. The summed E-state index contributed by atoms with van der Waals surface area (Å²) in [6, 6.07) is 7.39. The van der Waals surface area contributed by atoms with Crippen LogP contribution in [0, 0.1) is 5.92 Å². The second-order valence-corrected chi connectivity index (χ2v) is 5.83. The number of amides is 1. The van der Waals surface area contributed by atoms with E-state index in [9.17, 15) is 9.90 Å². The molecule has 1 N–H and O–H groups in total. The Hall–Kier alpha value is -1.07. The number of benzene rings is 1. The van der Waals surface area contributed by atoms with Crippen molar-refractivity contribution in [2.45, 2.75) is 19.4 Å². The van der Waals surface area contributed by atoms with Gasteiger partial charge in [0.25, 0.3) is 5.91 Å². The van der Waals surface area contributed by atoms with Crippen LogP contribution in [-0.2, 0) is 4.79 Å². The van der Waals surface area contributed by atoms with Crippen LogP contribution in [0.1, 0.15) is 13.3 Å². The number of ether oxygens (including phenoxy) is 1. The number of aliphatic hydroxyl groups is 1. The number of piperidine rings is 1. The maximum atomic E-state index is 12.0. The summed E-state index contributed by atoms with van der Waals surface area (Å²) >= 11 is 3.35. The lowest BCUT2D eigenvalue weighted by molar-refractivity contribution is -0.137. The van der Waals surface area contributed by atoms with E-state index in [1.165, 1.54) is 0 Å². The molecule has 2 unspecified atom stereocenters. The first-order chi connectivity index (χ1) is 9.06. The highest BCUT2D eigenvalue weighted by molar-refractivity contribution is 9.10. The van der Waals surface area contributed by atoms with Gasteiger partial charge < -0.3 is 14.7 Å². The number of rotatable bonds is 3. The molecule has 5 heteroatoms. The lowest BCUT2D eigenvalue weighted by Gasteiger charge is -2.34. The predicted molar refractivity (Wildman–Crippen MR) is 76.0 cm³/mol. The summed E-state index contributed by atoms with van der Waals surface area (Å²) in [6.45, 7) is 3.11. The van der Waals surface area contributed by atoms with E-state index in [4.69, 9.17) is 4.74 Å². The summed E-state index contributed by atoms with van der Waals surface area (Å²) in [5.74, 6) is 0.842. The van der Waals surface area contributed by atoms with E-state index in [0.29, 0.717) is 18.8 Å². The molecule has 0 aliphatic carbocycles. The molecule has 1 heterocycles. The summed E-state index contributed by atoms with van der Waals surface area (Å²) in [5.41, 5.74) is 0. The maximum Gasteiger partial charge on any atom is 0.260 e. The second kappa shape index (κ2) is 6.39. The normalized spacial score (nSPS) is 23.2. The summed E-state index contributed by atoms with van der Waals surface area (Å²) in [7, 11) is 0. The third kappa shape index (κ3) is 3.94. The summed E-state index contributed by atoms with van der Waals surface area (Å²) in [6.07, 6.45) is 0.410. The van der Waals surface area contributed by atoms with Gasteiger partial charge in [-0.15, -0.1) is 0 Å². The highest BCUT2D eigenvalue weighted by atomic mass is 79.9. The molecule has 0 spiro atoms. The van der Waals surface area contributed by atoms with Crippen molar-refractivity contribution < 1.29 is 14.6 Å². The predicted octanol–water partition coefficient (Wildman–Crippen LogP) is 2.06. The molecule has 1 aliphatic rings. The van der Waals surface area contributed by atoms with Gasteiger partial charge in [-0.05, 0) is 30.5 Å². The highest BCUT2D eigenvalue weighted by Crippen LogP contribution is 2.19. The molecule has 2 rings (SSSR count). The number of hydrogen-bond acceptors (Lipinski definition) is 3. The fourth-order valence-electron chi connectivity index (χ4n) is 2.07. The summed E-state index contributed by atoms with van der Waals surface area (Å²) in [4.78, 5) is 13.7. The third-order valence-corrected chi connectivity index (χ3v) is 3.92. The van der Waals surface area contributed by atoms with E-state index in [-0.39, 0.29) is 18.4 Å². The van der Waals surface area contributed by atoms with Crippen molar-refractivity contribution in [2.75, 3.05) is 19.7 Å². The molecule has 1 aliphatic heterocycles. The van der Waals surface area contributed by atoms with Crippen molar-refractivity contribution in [2.24, 2.45) is 5.92 Å². The van der Waals surface area contributed by atoms with Gasteiger partial charge in [-0.2, -0.15) is 0 Å². The van der Waals surface area contributed by atoms with Crippen LogP contribution in [0.25, 0.3) is 0 Å². The van der Waals surface area contributed by atoms with Crippen LogP contribution in [0.5, 0.6) is 5.75 Å². The van der Waals surface area contributed by atoms with Gasteiger partial charge in [0.05, 0.1) is 6.10 Å². The Labute approximate surface area is 121 Å². The first-order valence-electron chi connectivity index (χ1n) is 6.40. The number of nitrogens with zero attached hydrogens (tertiary/aromatic N) is 1. The molecule has 19 heavy (non-hydrogen) atoms. The van der Waals surface area contributed by atoms with Crippen LogP contribution >= 0.6 is 15.9 Å². The number of likely N-dealkylation sites (tertiary alicyclic amines) is 1. The van der Waals surface area contributed by atoms with E-state index in [2.05, 4.69) is 15.9 Å². The fourth-order valence-corrected chi connectivity index (χ4v) is 2.45. The number of halogens is 1. The van der Waals surface area contributed by atoms with Gasteiger partial charge in [0.2, 0.25) is 0 Å². The quantitative estimate of drug-likeness (QED) is 0.924. The Kier molecular flexibility index (Phi) is 4.82. The SMILES string of the molecule is CC1CCN(C(=O)COc2cccc(Br)c2)CC1O. The van der Waals surface area contributed by atoms with Crippen LogP contribution in [-0.4, -0.2) is 41.7 Å². The minimum Gasteiger partial charge on any atom is -0.484 e. The molecule has 1 aromatic rings. The monoisotopic (exact) mass is 327 g/mol. The molecular formula is C14H18BrNO3. The lowest BCUT2D eigenvalue weighted by Crippen LogP contribution is -2.47. The molecule has 1 aromatic carbocycles. The van der Waals surface area contributed by atoms with E-state index < -0.39 is 6.10 Å². The maximum absolute atomic E-state index is 12.0. The second-order valence-electron chi connectivity index (χ2n) is 4.92. The number of carbonyl (C=O) groups excluding carboxylic acids is 1. The molecule has 0 bridgehead atoms. The molecule has 0 radical (unpaired) electrons. The topological polar surface area (TPSA) is 49.8 Å². The number of carbonyl (C=O) groups is 1. The van der Waals surface area contributed by atoms with E-state index in [1.807, 2.05) is 31.2 Å². The van der Waals surface area contributed by atoms with Crippen molar-refractivity contribution in [3.63, 3.8) is 0 Å². The van der Waals surface area contributed by atoms with Gasteiger partial charge in [0.15, 0.2) is 6.61 Å². The summed E-state index contributed by atoms with van der Waals surface area (Å²) in [5, 5.41) is 9.78. The molecular weight excluding hydrogens is 310 g/mol. The van der Waals surface area contributed by atoms with Crippen molar-refractivity contribution in [1.82, 2.24) is 4.90 Å². The van der Waals surface area contributed by atoms with E-state index in [0.717, 1.165) is 10.9 Å². The average Bonchev–Trinajstić information content (AvgIpc) is 2.39. The molecule has 0 aromatic heterocycles. The standard InChI is InChI=1S/C14H18BrNO3/c1-10-5-6-16(8-13(10)17)14(18)9-19-12-4-2-3-11(15)7-12/h2-4,7,10,13,17H,5-6,8-9H2,1H3. The minimum absolute atomic E-state index is 0.0115. The molecule has 1 amide bonds. The summed E-state index contributed by atoms with van der Waals surface area (Å²) < 4.78 is 6.38. The van der Waals surface area contributed by atoms with Gasteiger partial charge in [0, 0.05) is 17.6 Å². The van der Waals surface area contributed by atoms with Gasteiger partial charge in [-0.3, -0.25) is 4.79 Å². The van der Waals surface area contributed by atoms with Gasteiger partial charge >= 0.3 is 0 Å². The molecule has 0 saturated carbocycles. The number of aliphatic hydroxyl groups excluding tert-OH is 1. The molecule has 4 nitrogen and oxygen atoms in total. The van der Waals surface area contributed by atoms with Gasteiger partial charge in [0.1, 0.15) is 5.75 Å². The van der Waals surface area contributed by atoms with Gasteiger partial charge in [-0.1, -0.05) is 28.9 Å². The first kappa shape index (κ1) is 14.3. The Morgan fingerprint density at radius 2 is 2.37 bits per heavy atom. The zero-order valence-corrected chi connectivity index (χ0v) is 12.5. The van der Waals surface area contributed by atoms with E-state index >= 15 is 0 Å².